The highest BCUT2D eigenvalue weighted by Crippen LogP contribution is 2.05. The molecule has 0 bridgehead atoms. The quantitative estimate of drug-likeness (QED) is 0.614. The lowest BCUT2D eigenvalue weighted by molar-refractivity contribution is 0.249. The number of benzene rings is 1. The molecule has 1 aromatic carbocycles. The van der Waals surface area contributed by atoms with Crippen LogP contribution in [-0.2, 0) is 4.74 Å². The van der Waals surface area contributed by atoms with Gasteiger partial charge in [-0.1, -0.05) is 62.0 Å². The normalized spacial score (nSPS) is 11.2. The fourth-order valence-corrected chi connectivity index (χ4v) is 4.65. The first-order chi connectivity index (χ1) is 9.74. The minimum atomic E-state index is -0.613. The average molecular weight is 291 g/mol. The highest BCUT2D eigenvalue weighted by molar-refractivity contribution is 6.73. The minimum Gasteiger partial charge on any atom is -0.388 e. The fraction of sp³-hybridized carbons (Fsp3) is 0.529. The molecule has 0 aliphatic heterocycles. The van der Waals surface area contributed by atoms with E-state index < -0.39 is 8.80 Å². The van der Waals surface area contributed by atoms with Crippen molar-refractivity contribution in [1.82, 2.24) is 4.90 Å². The van der Waals surface area contributed by atoms with Crippen molar-refractivity contribution in [3.8, 4) is 0 Å². The molecular weight excluding hydrogens is 262 g/mol. The molecular formula is C17H28NOSi. The van der Waals surface area contributed by atoms with E-state index in [4.69, 9.17) is 4.74 Å². The lowest BCUT2D eigenvalue weighted by Crippen LogP contribution is -2.36. The van der Waals surface area contributed by atoms with Gasteiger partial charge in [0.15, 0.2) is 0 Å². The Labute approximate surface area is 126 Å². The first-order valence-electron chi connectivity index (χ1n) is 7.54. The minimum absolute atomic E-state index is 0.613. The van der Waals surface area contributed by atoms with Gasteiger partial charge in [0.25, 0.3) is 0 Å². The third-order valence-electron chi connectivity index (χ3n) is 3.70. The molecule has 0 spiro atoms. The van der Waals surface area contributed by atoms with Crippen LogP contribution < -0.4 is 5.19 Å². The van der Waals surface area contributed by atoms with Gasteiger partial charge in [-0.2, -0.15) is 0 Å². The molecule has 0 saturated carbocycles. The molecule has 3 heteroatoms. The van der Waals surface area contributed by atoms with Crippen molar-refractivity contribution in [3.05, 3.63) is 36.4 Å². The van der Waals surface area contributed by atoms with E-state index in [-0.39, 0.29) is 0 Å². The van der Waals surface area contributed by atoms with Gasteiger partial charge in [-0.3, -0.25) is 0 Å². The van der Waals surface area contributed by atoms with Gasteiger partial charge in [0.2, 0.25) is 0 Å². The van der Waals surface area contributed by atoms with E-state index in [1.54, 1.807) is 0 Å². The summed E-state index contributed by atoms with van der Waals surface area (Å²) in [5.41, 5.74) is 1.21. The zero-order chi connectivity index (χ0) is 14.8. The lowest BCUT2D eigenvalue weighted by Gasteiger charge is -2.20. The Kier molecular flexibility index (Phi) is 8.50. The van der Waals surface area contributed by atoms with E-state index in [1.165, 1.54) is 29.8 Å². The van der Waals surface area contributed by atoms with Crippen molar-refractivity contribution in [2.75, 3.05) is 33.0 Å². The van der Waals surface area contributed by atoms with E-state index in [0.29, 0.717) is 0 Å². The van der Waals surface area contributed by atoms with Crippen LogP contribution in [0.25, 0.3) is 6.08 Å². The van der Waals surface area contributed by atoms with Crippen LogP contribution in [0.15, 0.2) is 30.8 Å². The number of hydrogen-bond donors (Lipinski definition) is 0. The molecule has 1 aromatic rings. The van der Waals surface area contributed by atoms with Crippen LogP contribution in [0.4, 0.5) is 0 Å². The third kappa shape index (κ3) is 5.61. The Morgan fingerprint density at radius 1 is 1.30 bits per heavy atom. The van der Waals surface area contributed by atoms with E-state index in [2.05, 4.69) is 49.6 Å². The van der Waals surface area contributed by atoms with Crippen LogP contribution in [0.3, 0.4) is 0 Å². The van der Waals surface area contributed by atoms with Crippen molar-refractivity contribution in [3.63, 3.8) is 0 Å². The Balaban J connectivity index is 2.61. The van der Waals surface area contributed by atoms with Crippen molar-refractivity contribution in [1.29, 1.82) is 0 Å². The summed E-state index contributed by atoms with van der Waals surface area (Å²) in [5, 5.41) is 1.47. The summed E-state index contributed by atoms with van der Waals surface area (Å²) in [7, 11) is 1.20. The molecule has 2 nitrogen and oxygen atoms in total. The van der Waals surface area contributed by atoms with Crippen molar-refractivity contribution >= 4 is 20.1 Å². The van der Waals surface area contributed by atoms with Gasteiger partial charge in [-0.05, 0) is 31.6 Å². The molecule has 1 rings (SSSR count). The van der Waals surface area contributed by atoms with Gasteiger partial charge in [-0.25, -0.2) is 0 Å². The summed E-state index contributed by atoms with van der Waals surface area (Å²) in [5.74, 6) is 0. The molecule has 1 radical (unpaired) electrons. The number of nitrogens with zero attached hydrogens (tertiary/aromatic N) is 1. The smallest absolute Gasteiger partial charge is 0.117 e. The Hall–Kier alpha value is -0.903. The Morgan fingerprint density at radius 2 is 2.05 bits per heavy atom. The van der Waals surface area contributed by atoms with Crippen LogP contribution in [0.5, 0.6) is 0 Å². The van der Waals surface area contributed by atoms with Gasteiger partial charge in [0.1, 0.15) is 8.80 Å². The third-order valence-corrected chi connectivity index (χ3v) is 6.42. The zero-order valence-electron chi connectivity index (χ0n) is 13.2. The Bertz CT molecular complexity index is 390. The van der Waals surface area contributed by atoms with Gasteiger partial charge in [0.05, 0.1) is 0 Å². The fourth-order valence-electron chi connectivity index (χ4n) is 2.42. The second-order valence-corrected chi connectivity index (χ2v) is 7.57. The number of rotatable bonds is 10. The number of methoxy groups -OCH3 is 1. The average Bonchev–Trinajstić information content (AvgIpc) is 2.50. The first-order valence-corrected chi connectivity index (χ1v) is 9.45. The summed E-state index contributed by atoms with van der Waals surface area (Å²) >= 11 is 0. The maximum absolute atomic E-state index is 5.45. The van der Waals surface area contributed by atoms with Crippen LogP contribution in [0.2, 0.25) is 6.04 Å². The van der Waals surface area contributed by atoms with Crippen LogP contribution in [0, 0.1) is 0 Å². The highest BCUT2D eigenvalue weighted by Gasteiger charge is 2.14. The lowest BCUT2D eigenvalue weighted by atomic mass is 10.2. The van der Waals surface area contributed by atoms with E-state index in [9.17, 15) is 0 Å². The maximum atomic E-state index is 5.45. The second-order valence-electron chi connectivity index (χ2n) is 5.00. The monoisotopic (exact) mass is 290 g/mol. The molecule has 0 aliphatic carbocycles. The molecule has 0 saturated heterocycles. The first kappa shape index (κ1) is 17.1. The molecule has 0 N–H and O–H groups in total. The molecule has 20 heavy (non-hydrogen) atoms. The van der Waals surface area contributed by atoms with Gasteiger partial charge in [0, 0.05) is 13.3 Å². The molecule has 0 unspecified atom stereocenters. The number of hydrogen-bond acceptors (Lipinski definition) is 2. The summed E-state index contributed by atoms with van der Waals surface area (Å²) in [4.78, 5) is 2.49. The van der Waals surface area contributed by atoms with Gasteiger partial charge >= 0.3 is 0 Å². The van der Waals surface area contributed by atoms with Crippen molar-refractivity contribution in [2.24, 2.45) is 0 Å². The van der Waals surface area contributed by atoms with Crippen LogP contribution in [-0.4, -0.2) is 46.7 Å². The van der Waals surface area contributed by atoms with Crippen molar-refractivity contribution in [2.45, 2.75) is 26.3 Å². The van der Waals surface area contributed by atoms with Crippen LogP contribution >= 0.6 is 0 Å². The highest BCUT2D eigenvalue weighted by atomic mass is 28.3. The Morgan fingerprint density at radius 3 is 2.65 bits per heavy atom. The van der Waals surface area contributed by atoms with E-state index in [0.717, 1.165) is 19.3 Å². The molecule has 111 valence electrons. The molecule has 0 fully saturated rings. The molecule has 0 aliphatic rings. The molecule has 0 atom stereocenters. The summed E-state index contributed by atoms with van der Waals surface area (Å²) in [6.45, 7) is 11.8. The summed E-state index contributed by atoms with van der Waals surface area (Å²) in [6.07, 6.45) is 4.08. The summed E-state index contributed by atoms with van der Waals surface area (Å²) < 4.78 is 5.45. The maximum Gasteiger partial charge on any atom is 0.117 e. The topological polar surface area (TPSA) is 12.5 Å². The largest absolute Gasteiger partial charge is 0.388 e. The molecule has 0 aromatic heterocycles. The number of ether oxygens (including phenoxy) is 1. The molecule has 0 amide bonds. The van der Waals surface area contributed by atoms with E-state index >= 15 is 0 Å². The van der Waals surface area contributed by atoms with E-state index in [1.807, 2.05) is 13.2 Å². The van der Waals surface area contributed by atoms with Crippen LogP contribution in [0.1, 0.15) is 25.8 Å². The van der Waals surface area contributed by atoms with Gasteiger partial charge < -0.3 is 9.64 Å². The second kappa shape index (κ2) is 9.92. The van der Waals surface area contributed by atoms with Gasteiger partial charge in [-0.15, -0.1) is 0 Å². The zero-order valence-corrected chi connectivity index (χ0v) is 14.2. The standard InChI is InChI=1S/C17H28NOSi/c1-5-16-10-8-11-17(14-16)20(15-19-4)13-9-12-18(6-2)7-3/h5,8,10-11,14H,1,6-7,9,12-13,15H2,2-4H3. The summed E-state index contributed by atoms with van der Waals surface area (Å²) in [6, 6.07) is 10.0. The predicted octanol–water partition coefficient (Wildman–Crippen LogP) is 2.95. The predicted molar refractivity (Wildman–Crippen MR) is 91.0 cm³/mol. The van der Waals surface area contributed by atoms with Crippen molar-refractivity contribution < 1.29 is 4.74 Å². The molecule has 0 heterocycles. The SMILES string of the molecule is C=Cc1cccc([Si](CCCN(CC)CC)COC)c1.